The molecule has 0 unspecified atom stereocenters. The van der Waals surface area contributed by atoms with E-state index in [0.717, 1.165) is 58.5 Å². The second kappa shape index (κ2) is 7.93. The van der Waals surface area contributed by atoms with E-state index in [1.54, 1.807) is 0 Å². The van der Waals surface area contributed by atoms with E-state index in [0.29, 0.717) is 11.9 Å². The van der Waals surface area contributed by atoms with Gasteiger partial charge in [-0.3, -0.25) is 9.69 Å². The molecule has 0 radical (unpaired) electrons. The lowest BCUT2D eigenvalue weighted by Gasteiger charge is -2.38. The Kier molecular flexibility index (Phi) is 5.68. The maximum absolute atomic E-state index is 12.7. The highest BCUT2D eigenvalue weighted by atomic mass is 16.2. The molecule has 4 heteroatoms. The molecule has 2 saturated heterocycles. The molecule has 0 aromatic heterocycles. The maximum atomic E-state index is 12.7. The molecular weight excluding hydrogens is 286 g/mol. The molecule has 1 amide bonds. The lowest BCUT2D eigenvalue weighted by atomic mass is 9.92. The number of amides is 1. The largest absolute Gasteiger partial charge is 0.340 e. The fraction of sp³-hybridized carbons (Fsp3) is 0.632. The van der Waals surface area contributed by atoms with Crippen molar-refractivity contribution in [2.75, 3.05) is 39.3 Å². The number of piperazine rings is 1. The van der Waals surface area contributed by atoms with Crippen LogP contribution in [-0.2, 0) is 11.2 Å². The van der Waals surface area contributed by atoms with E-state index in [2.05, 4.69) is 52.4 Å². The molecule has 2 fully saturated rings. The van der Waals surface area contributed by atoms with Gasteiger partial charge in [-0.2, -0.15) is 0 Å². The smallest absolute Gasteiger partial charge is 0.225 e. The lowest BCUT2D eigenvalue weighted by molar-refractivity contribution is -0.138. The third-order valence-corrected chi connectivity index (χ3v) is 5.22. The zero-order valence-corrected chi connectivity index (χ0v) is 14.2. The number of hydrogen-bond acceptors (Lipinski definition) is 3. The Morgan fingerprint density at radius 1 is 1.17 bits per heavy atom. The van der Waals surface area contributed by atoms with Crippen LogP contribution in [0.1, 0.15) is 25.3 Å². The Bertz CT molecular complexity index is 497. The summed E-state index contributed by atoms with van der Waals surface area (Å²) in [5, 5.41) is 3.43. The van der Waals surface area contributed by atoms with E-state index in [-0.39, 0.29) is 5.92 Å². The highest BCUT2D eigenvalue weighted by molar-refractivity contribution is 5.79. The van der Waals surface area contributed by atoms with Crippen molar-refractivity contribution >= 4 is 5.91 Å². The summed E-state index contributed by atoms with van der Waals surface area (Å²) in [5.74, 6) is 0.628. The van der Waals surface area contributed by atoms with Crippen LogP contribution in [0.15, 0.2) is 30.3 Å². The Hall–Kier alpha value is -1.39. The number of hydrogen-bond donors (Lipinski definition) is 1. The number of piperidine rings is 1. The van der Waals surface area contributed by atoms with Gasteiger partial charge in [-0.15, -0.1) is 0 Å². The molecule has 0 spiro atoms. The normalized spacial score (nSPS) is 26.2. The maximum Gasteiger partial charge on any atom is 0.225 e. The van der Waals surface area contributed by atoms with Crippen LogP contribution < -0.4 is 5.32 Å². The molecular formula is C19H29N3O. The molecule has 2 aliphatic heterocycles. The average Bonchev–Trinajstić information content (AvgIpc) is 2.61. The fourth-order valence-corrected chi connectivity index (χ4v) is 3.74. The van der Waals surface area contributed by atoms with Gasteiger partial charge in [0.25, 0.3) is 0 Å². The summed E-state index contributed by atoms with van der Waals surface area (Å²) in [6, 6.07) is 11.1. The van der Waals surface area contributed by atoms with Crippen LogP contribution in [0.25, 0.3) is 0 Å². The molecule has 1 aromatic rings. The van der Waals surface area contributed by atoms with Crippen LogP contribution in [0.5, 0.6) is 0 Å². The van der Waals surface area contributed by atoms with Gasteiger partial charge in [-0.05, 0) is 38.3 Å². The molecule has 2 aliphatic rings. The van der Waals surface area contributed by atoms with Crippen molar-refractivity contribution in [1.82, 2.24) is 15.1 Å². The van der Waals surface area contributed by atoms with Gasteiger partial charge >= 0.3 is 0 Å². The van der Waals surface area contributed by atoms with Crippen LogP contribution in [0, 0.1) is 5.92 Å². The van der Waals surface area contributed by atoms with Crippen LogP contribution in [0.3, 0.4) is 0 Å². The molecule has 2 heterocycles. The number of benzene rings is 1. The van der Waals surface area contributed by atoms with Crippen molar-refractivity contribution in [3.63, 3.8) is 0 Å². The highest BCUT2D eigenvalue weighted by Gasteiger charge is 2.30. The molecule has 1 aromatic carbocycles. The van der Waals surface area contributed by atoms with E-state index in [9.17, 15) is 4.79 Å². The van der Waals surface area contributed by atoms with Crippen molar-refractivity contribution in [2.24, 2.45) is 5.92 Å². The average molecular weight is 315 g/mol. The van der Waals surface area contributed by atoms with E-state index >= 15 is 0 Å². The second-order valence-corrected chi connectivity index (χ2v) is 6.98. The van der Waals surface area contributed by atoms with Gasteiger partial charge in [0, 0.05) is 44.7 Å². The van der Waals surface area contributed by atoms with Crippen molar-refractivity contribution in [1.29, 1.82) is 0 Å². The van der Waals surface area contributed by atoms with Crippen molar-refractivity contribution < 1.29 is 4.79 Å². The standard InChI is InChI=1S/C19H29N3O/c1-16-15-18(7-9-20-16)19(23)22-13-11-21(12-14-22)10-8-17-5-3-2-4-6-17/h2-6,16,18,20H,7-15H2,1H3/t16-,18-/m0/s1. The van der Waals surface area contributed by atoms with Gasteiger partial charge < -0.3 is 10.2 Å². The van der Waals surface area contributed by atoms with Gasteiger partial charge in [-0.1, -0.05) is 30.3 Å². The first-order chi connectivity index (χ1) is 11.2. The summed E-state index contributed by atoms with van der Waals surface area (Å²) >= 11 is 0. The first-order valence-electron chi connectivity index (χ1n) is 9.01. The second-order valence-electron chi connectivity index (χ2n) is 6.98. The van der Waals surface area contributed by atoms with Crippen molar-refractivity contribution in [3.05, 3.63) is 35.9 Å². The summed E-state index contributed by atoms with van der Waals surface area (Å²) in [6.07, 6.45) is 3.09. The summed E-state index contributed by atoms with van der Waals surface area (Å²) in [6.45, 7) is 8.07. The minimum absolute atomic E-state index is 0.238. The first kappa shape index (κ1) is 16.5. The van der Waals surface area contributed by atoms with Gasteiger partial charge in [0.2, 0.25) is 5.91 Å². The van der Waals surface area contributed by atoms with E-state index < -0.39 is 0 Å². The third kappa shape index (κ3) is 4.55. The summed E-state index contributed by atoms with van der Waals surface area (Å²) in [4.78, 5) is 17.3. The number of carbonyl (C=O) groups excluding carboxylic acids is 1. The molecule has 2 atom stereocenters. The van der Waals surface area contributed by atoms with Gasteiger partial charge in [0.1, 0.15) is 0 Å². The lowest BCUT2D eigenvalue weighted by Crippen LogP contribution is -2.52. The highest BCUT2D eigenvalue weighted by Crippen LogP contribution is 2.19. The summed E-state index contributed by atoms with van der Waals surface area (Å²) in [5.41, 5.74) is 1.40. The number of rotatable bonds is 4. The Labute approximate surface area is 139 Å². The first-order valence-corrected chi connectivity index (χ1v) is 9.01. The monoisotopic (exact) mass is 315 g/mol. The molecule has 0 aliphatic carbocycles. The third-order valence-electron chi connectivity index (χ3n) is 5.22. The summed E-state index contributed by atoms with van der Waals surface area (Å²) < 4.78 is 0. The van der Waals surface area contributed by atoms with Crippen molar-refractivity contribution in [3.8, 4) is 0 Å². The Morgan fingerprint density at radius 3 is 2.61 bits per heavy atom. The molecule has 1 N–H and O–H groups in total. The van der Waals surface area contributed by atoms with Crippen LogP contribution in [0.4, 0.5) is 0 Å². The predicted octanol–water partition coefficient (Wildman–Crippen LogP) is 1.76. The SMILES string of the molecule is C[C@H]1C[C@@H](C(=O)N2CCN(CCc3ccccc3)CC2)CCN1. The molecule has 126 valence electrons. The van der Waals surface area contributed by atoms with Gasteiger partial charge in [0.05, 0.1) is 0 Å². The zero-order chi connectivity index (χ0) is 16.1. The number of nitrogens with one attached hydrogen (secondary N) is 1. The molecule has 3 rings (SSSR count). The number of carbonyl (C=O) groups is 1. The molecule has 23 heavy (non-hydrogen) atoms. The number of nitrogens with zero attached hydrogens (tertiary/aromatic N) is 2. The molecule has 0 saturated carbocycles. The summed E-state index contributed by atoms with van der Waals surface area (Å²) in [7, 11) is 0. The van der Waals surface area contributed by atoms with Crippen LogP contribution in [0.2, 0.25) is 0 Å². The minimum atomic E-state index is 0.238. The van der Waals surface area contributed by atoms with E-state index in [4.69, 9.17) is 0 Å². The topological polar surface area (TPSA) is 35.6 Å². The van der Waals surface area contributed by atoms with Crippen LogP contribution in [-0.4, -0.2) is 61.0 Å². The van der Waals surface area contributed by atoms with Gasteiger partial charge in [-0.25, -0.2) is 0 Å². The minimum Gasteiger partial charge on any atom is -0.340 e. The Balaban J connectivity index is 1.42. The zero-order valence-electron chi connectivity index (χ0n) is 14.2. The van der Waals surface area contributed by atoms with E-state index in [1.165, 1.54) is 5.56 Å². The fourth-order valence-electron chi connectivity index (χ4n) is 3.74. The van der Waals surface area contributed by atoms with E-state index in [1.807, 2.05) is 0 Å². The Morgan fingerprint density at radius 2 is 1.91 bits per heavy atom. The van der Waals surface area contributed by atoms with Gasteiger partial charge in [0.15, 0.2) is 0 Å². The molecule has 0 bridgehead atoms. The van der Waals surface area contributed by atoms with Crippen LogP contribution >= 0.6 is 0 Å². The quantitative estimate of drug-likeness (QED) is 0.920. The molecule has 4 nitrogen and oxygen atoms in total. The van der Waals surface area contributed by atoms with Crippen molar-refractivity contribution in [2.45, 2.75) is 32.2 Å². The predicted molar refractivity (Wildman–Crippen MR) is 93.4 cm³/mol.